The number of amides is 2. The molecular formula is C20H27FN4O3+2. The highest BCUT2D eigenvalue weighted by molar-refractivity contribution is 5.91. The van der Waals surface area contributed by atoms with Crippen molar-refractivity contribution in [1.82, 2.24) is 4.90 Å². The Morgan fingerprint density at radius 2 is 1.96 bits per heavy atom. The normalized spacial score (nSPS) is 16.0. The van der Waals surface area contributed by atoms with Crippen LogP contribution in [0.5, 0.6) is 0 Å². The summed E-state index contributed by atoms with van der Waals surface area (Å²) in [5.41, 5.74) is 0.584. The van der Waals surface area contributed by atoms with Gasteiger partial charge in [-0.15, -0.1) is 0 Å². The van der Waals surface area contributed by atoms with Gasteiger partial charge in [-0.2, -0.15) is 0 Å². The Kier molecular flexibility index (Phi) is 6.78. The Bertz CT molecular complexity index is 771. The summed E-state index contributed by atoms with van der Waals surface area (Å²) in [5.74, 6) is 0.518. The molecule has 1 aliphatic rings. The monoisotopic (exact) mass is 390 g/mol. The van der Waals surface area contributed by atoms with E-state index in [1.54, 1.807) is 18.4 Å². The maximum Gasteiger partial charge on any atom is 0.279 e. The quantitative estimate of drug-likeness (QED) is 0.591. The van der Waals surface area contributed by atoms with E-state index in [9.17, 15) is 14.0 Å². The average Bonchev–Trinajstić information content (AvgIpc) is 3.23. The molecule has 3 rings (SSSR count). The van der Waals surface area contributed by atoms with Crippen LogP contribution in [0.15, 0.2) is 47.1 Å². The average molecular weight is 390 g/mol. The summed E-state index contributed by atoms with van der Waals surface area (Å²) < 4.78 is 18.3. The van der Waals surface area contributed by atoms with Gasteiger partial charge in [0.05, 0.1) is 32.4 Å². The van der Waals surface area contributed by atoms with Crippen molar-refractivity contribution in [1.29, 1.82) is 0 Å². The number of carbonyl (C=O) groups is 2. The first-order chi connectivity index (χ1) is 13.5. The largest absolute Gasteiger partial charge is 0.463 e. The number of quaternary nitrogens is 2. The van der Waals surface area contributed by atoms with Crippen LogP contribution in [-0.2, 0) is 9.59 Å². The zero-order valence-corrected chi connectivity index (χ0v) is 16.0. The fraction of sp³-hybridized carbons (Fsp3) is 0.400. The zero-order chi connectivity index (χ0) is 19.9. The molecule has 0 unspecified atom stereocenters. The first kappa shape index (κ1) is 20.0. The maximum absolute atomic E-state index is 12.9. The molecule has 0 saturated carbocycles. The number of hydrogen-bond acceptors (Lipinski definition) is 3. The number of anilines is 1. The van der Waals surface area contributed by atoms with E-state index in [1.807, 2.05) is 29.3 Å². The van der Waals surface area contributed by atoms with E-state index in [4.69, 9.17) is 4.42 Å². The molecule has 1 aromatic carbocycles. The van der Waals surface area contributed by atoms with Gasteiger partial charge >= 0.3 is 0 Å². The van der Waals surface area contributed by atoms with E-state index >= 15 is 0 Å². The topological polar surface area (TPSA) is 83.6 Å². The van der Waals surface area contributed by atoms with Gasteiger partial charge < -0.3 is 24.9 Å². The maximum atomic E-state index is 12.9. The standard InChI is InChI=1S/C20H25FN4O3/c1-15(18-3-2-12-28-18)22-13-20(27)25-10-8-24(9-11-25)14-19(26)23-17-6-4-16(21)5-7-17/h2-7,12,15,22H,8-11,13-14H2,1H3,(H,23,26)/p+2/t15-/m0/s1. The number of halogens is 1. The molecule has 1 aliphatic heterocycles. The zero-order valence-electron chi connectivity index (χ0n) is 16.0. The Morgan fingerprint density at radius 3 is 2.61 bits per heavy atom. The van der Waals surface area contributed by atoms with Crippen molar-refractivity contribution < 1.29 is 28.6 Å². The van der Waals surface area contributed by atoms with Crippen LogP contribution in [-0.4, -0.2) is 56.0 Å². The highest BCUT2D eigenvalue weighted by atomic mass is 19.1. The highest BCUT2D eigenvalue weighted by Crippen LogP contribution is 2.08. The van der Waals surface area contributed by atoms with Gasteiger partial charge in [0.15, 0.2) is 18.8 Å². The first-order valence-corrected chi connectivity index (χ1v) is 9.55. The molecule has 4 N–H and O–H groups in total. The van der Waals surface area contributed by atoms with Crippen molar-refractivity contribution in [3.8, 4) is 0 Å². The summed E-state index contributed by atoms with van der Waals surface area (Å²) in [5, 5.41) is 4.74. The molecule has 0 spiro atoms. The van der Waals surface area contributed by atoms with Gasteiger partial charge in [-0.1, -0.05) is 0 Å². The highest BCUT2D eigenvalue weighted by Gasteiger charge is 2.26. The molecule has 2 aromatic rings. The smallest absolute Gasteiger partial charge is 0.279 e. The van der Waals surface area contributed by atoms with Crippen molar-refractivity contribution in [2.75, 3.05) is 44.6 Å². The molecule has 1 aromatic heterocycles. The van der Waals surface area contributed by atoms with Crippen LogP contribution in [0.25, 0.3) is 0 Å². The predicted molar refractivity (Wildman–Crippen MR) is 101 cm³/mol. The molecule has 150 valence electrons. The Morgan fingerprint density at radius 1 is 1.25 bits per heavy atom. The number of furan rings is 1. The van der Waals surface area contributed by atoms with E-state index in [-0.39, 0.29) is 23.7 Å². The van der Waals surface area contributed by atoms with Crippen LogP contribution in [0.4, 0.5) is 10.1 Å². The number of hydrogen-bond donors (Lipinski definition) is 3. The molecule has 2 heterocycles. The third kappa shape index (κ3) is 5.64. The van der Waals surface area contributed by atoms with Gasteiger partial charge in [-0.25, -0.2) is 4.39 Å². The van der Waals surface area contributed by atoms with Crippen LogP contribution in [0.2, 0.25) is 0 Å². The number of nitrogens with zero attached hydrogens (tertiary/aromatic N) is 1. The van der Waals surface area contributed by atoms with Crippen molar-refractivity contribution in [3.05, 3.63) is 54.2 Å². The number of nitrogens with two attached hydrogens (primary N) is 1. The van der Waals surface area contributed by atoms with Gasteiger partial charge in [0.1, 0.15) is 11.9 Å². The molecule has 0 radical (unpaired) electrons. The van der Waals surface area contributed by atoms with Crippen LogP contribution >= 0.6 is 0 Å². The molecule has 1 atom stereocenters. The van der Waals surface area contributed by atoms with Gasteiger partial charge in [0, 0.05) is 5.69 Å². The molecule has 1 fully saturated rings. The minimum atomic E-state index is -0.333. The van der Waals surface area contributed by atoms with Crippen LogP contribution in [0.1, 0.15) is 18.7 Å². The summed E-state index contributed by atoms with van der Waals surface area (Å²) in [6.45, 7) is 5.46. The number of piperazine rings is 1. The minimum absolute atomic E-state index is 0.0982. The van der Waals surface area contributed by atoms with E-state index in [2.05, 4.69) is 5.32 Å². The second-order valence-electron chi connectivity index (χ2n) is 7.11. The first-order valence-electron chi connectivity index (χ1n) is 9.55. The lowest BCUT2D eigenvalue weighted by atomic mass is 10.2. The summed E-state index contributed by atoms with van der Waals surface area (Å²) >= 11 is 0. The second kappa shape index (κ2) is 9.48. The Labute approximate surface area is 163 Å². The summed E-state index contributed by atoms with van der Waals surface area (Å²) in [4.78, 5) is 27.6. The number of benzene rings is 1. The molecule has 7 nitrogen and oxygen atoms in total. The van der Waals surface area contributed by atoms with E-state index in [1.165, 1.54) is 12.1 Å². The lowest BCUT2D eigenvalue weighted by molar-refractivity contribution is -0.895. The van der Waals surface area contributed by atoms with Gasteiger partial charge in [0.25, 0.3) is 11.8 Å². The fourth-order valence-corrected chi connectivity index (χ4v) is 3.29. The van der Waals surface area contributed by atoms with Gasteiger partial charge in [0.2, 0.25) is 0 Å². The third-order valence-electron chi connectivity index (χ3n) is 5.00. The lowest BCUT2D eigenvalue weighted by Gasteiger charge is -2.31. The minimum Gasteiger partial charge on any atom is -0.463 e. The number of rotatable bonds is 7. The molecule has 28 heavy (non-hydrogen) atoms. The summed E-state index contributed by atoms with van der Waals surface area (Å²) in [6, 6.07) is 9.56. The summed E-state index contributed by atoms with van der Waals surface area (Å²) in [7, 11) is 0. The van der Waals surface area contributed by atoms with Crippen molar-refractivity contribution >= 4 is 17.5 Å². The van der Waals surface area contributed by atoms with Crippen molar-refractivity contribution in [2.45, 2.75) is 13.0 Å². The molecule has 2 amide bonds. The van der Waals surface area contributed by atoms with Gasteiger partial charge in [-0.05, 0) is 43.3 Å². The van der Waals surface area contributed by atoms with Crippen LogP contribution in [0, 0.1) is 5.82 Å². The van der Waals surface area contributed by atoms with E-state index in [0.717, 1.165) is 23.7 Å². The van der Waals surface area contributed by atoms with Gasteiger partial charge in [-0.3, -0.25) is 9.59 Å². The fourth-order valence-electron chi connectivity index (χ4n) is 3.29. The van der Waals surface area contributed by atoms with Crippen molar-refractivity contribution in [3.63, 3.8) is 0 Å². The lowest BCUT2D eigenvalue weighted by Crippen LogP contribution is -3.15. The molecular weight excluding hydrogens is 363 g/mol. The summed E-state index contributed by atoms with van der Waals surface area (Å²) in [6.07, 6.45) is 1.63. The molecule has 8 heteroatoms. The SMILES string of the molecule is C[C@H]([NH2+]CC(=O)N1CC[NH+](CC(=O)Nc2ccc(F)cc2)CC1)c1ccco1. The van der Waals surface area contributed by atoms with Crippen LogP contribution < -0.4 is 15.5 Å². The second-order valence-corrected chi connectivity index (χ2v) is 7.11. The number of nitrogens with one attached hydrogen (secondary N) is 2. The van der Waals surface area contributed by atoms with Crippen LogP contribution in [0.3, 0.4) is 0 Å². The van der Waals surface area contributed by atoms with Crippen molar-refractivity contribution in [2.24, 2.45) is 0 Å². The van der Waals surface area contributed by atoms with E-state index in [0.29, 0.717) is 31.9 Å². The van der Waals surface area contributed by atoms with E-state index < -0.39 is 0 Å². The number of carbonyl (C=O) groups excluding carboxylic acids is 2. The third-order valence-corrected chi connectivity index (χ3v) is 5.00. The Balaban J connectivity index is 1.37. The molecule has 1 saturated heterocycles. The molecule has 0 aliphatic carbocycles. The predicted octanol–water partition coefficient (Wildman–Crippen LogP) is -0.591. The molecule has 0 bridgehead atoms. The Hall–Kier alpha value is -2.71.